The van der Waals surface area contributed by atoms with E-state index in [9.17, 15) is 4.79 Å². The fourth-order valence-corrected chi connectivity index (χ4v) is 2.80. The van der Waals surface area contributed by atoms with Gasteiger partial charge in [0.1, 0.15) is 17.0 Å². The number of esters is 1. The number of H-pyrrole nitrogens is 1. The first kappa shape index (κ1) is 15.0. The lowest BCUT2D eigenvalue weighted by molar-refractivity contribution is 0.0594. The number of pyridine rings is 1. The Balaban J connectivity index is 2.36. The van der Waals surface area contributed by atoms with Crippen LogP contribution < -0.4 is 4.74 Å². The second kappa shape index (κ2) is 5.72. The molecule has 0 aliphatic heterocycles. The molecule has 6 heteroatoms. The van der Waals surface area contributed by atoms with Crippen molar-refractivity contribution in [2.45, 2.75) is 13.8 Å². The van der Waals surface area contributed by atoms with Crippen LogP contribution in [0.2, 0.25) is 0 Å². The molecule has 0 saturated carbocycles. The predicted octanol–water partition coefficient (Wildman–Crippen LogP) is 3.04. The summed E-state index contributed by atoms with van der Waals surface area (Å²) in [5.41, 5.74) is 5.54. The number of fused-ring (bicyclic) bond motifs is 1. The molecule has 118 valence electrons. The topological polar surface area (TPSA) is 77.1 Å². The van der Waals surface area contributed by atoms with Crippen molar-refractivity contribution in [3.8, 4) is 16.9 Å². The summed E-state index contributed by atoms with van der Waals surface area (Å²) >= 11 is 0. The number of nitrogens with one attached hydrogen (secondary N) is 1. The average molecular weight is 311 g/mol. The molecule has 0 spiro atoms. The van der Waals surface area contributed by atoms with Crippen molar-refractivity contribution in [3.05, 3.63) is 41.2 Å². The minimum absolute atomic E-state index is 0.248. The van der Waals surface area contributed by atoms with Crippen LogP contribution in [-0.4, -0.2) is 35.4 Å². The zero-order valence-electron chi connectivity index (χ0n) is 13.4. The normalized spacial score (nSPS) is 10.8. The highest BCUT2D eigenvalue weighted by Crippen LogP contribution is 2.36. The molecule has 6 nitrogen and oxygen atoms in total. The van der Waals surface area contributed by atoms with Crippen molar-refractivity contribution < 1.29 is 14.3 Å². The molecule has 0 bridgehead atoms. The molecular weight excluding hydrogens is 294 g/mol. The summed E-state index contributed by atoms with van der Waals surface area (Å²) in [6.45, 7) is 4.00. The van der Waals surface area contributed by atoms with Crippen LogP contribution in [0.3, 0.4) is 0 Å². The average Bonchev–Trinajstić information content (AvgIpc) is 3.02. The van der Waals surface area contributed by atoms with Gasteiger partial charge in [-0.1, -0.05) is 6.07 Å². The largest absolute Gasteiger partial charge is 0.496 e. The smallest absolute Gasteiger partial charge is 0.356 e. The number of aryl methyl sites for hydroxylation is 1. The molecule has 1 aromatic carbocycles. The lowest BCUT2D eigenvalue weighted by Crippen LogP contribution is -2.05. The Morgan fingerprint density at radius 1 is 1.22 bits per heavy atom. The van der Waals surface area contributed by atoms with Gasteiger partial charge in [-0.15, -0.1) is 0 Å². The van der Waals surface area contributed by atoms with Gasteiger partial charge < -0.3 is 9.47 Å². The van der Waals surface area contributed by atoms with Gasteiger partial charge in [0.25, 0.3) is 0 Å². The highest BCUT2D eigenvalue weighted by molar-refractivity contribution is 5.98. The van der Waals surface area contributed by atoms with E-state index in [4.69, 9.17) is 9.47 Å². The van der Waals surface area contributed by atoms with Crippen LogP contribution in [0.5, 0.6) is 5.75 Å². The monoisotopic (exact) mass is 311 g/mol. The Hall–Kier alpha value is -2.89. The lowest BCUT2D eigenvalue weighted by atomic mass is 9.94. The van der Waals surface area contributed by atoms with Gasteiger partial charge in [-0.3, -0.25) is 5.10 Å². The Kier molecular flexibility index (Phi) is 3.73. The summed E-state index contributed by atoms with van der Waals surface area (Å²) < 4.78 is 10.2. The fraction of sp³-hybridized carbons (Fsp3) is 0.235. The van der Waals surface area contributed by atoms with E-state index in [-0.39, 0.29) is 5.69 Å². The van der Waals surface area contributed by atoms with E-state index in [1.54, 1.807) is 19.4 Å². The molecule has 0 saturated heterocycles. The van der Waals surface area contributed by atoms with E-state index in [0.717, 1.165) is 33.5 Å². The van der Waals surface area contributed by atoms with Crippen LogP contribution in [0.25, 0.3) is 22.2 Å². The second-order valence-corrected chi connectivity index (χ2v) is 5.26. The van der Waals surface area contributed by atoms with Gasteiger partial charge in [0.05, 0.1) is 25.9 Å². The number of ether oxygens (including phenoxy) is 2. The van der Waals surface area contributed by atoms with Gasteiger partial charge in [0.2, 0.25) is 0 Å². The zero-order valence-corrected chi connectivity index (χ0v) is 13.4. The zero-order chi connectivity index (χ0) is 16.6. The van der Waals surface area contributed by atoms with E-state index >= 15 is 0 Å². The molecule has 2 aromatic heterocycles. The molecule has 0 radical (unpaired) electrons. The maximum Gasteiger partial charge on any atom is 0.356 e. The van der Waals surface area contributed by atoms with Gasteiger partial charge in [0.15, 0.2) is 0 Å². The number of hydrogen-bond acceptors (Lipinski definition) is 5. The van der Waals surface area contributed by atoms with E-state index in [1.807, 2.05) is 26.0 Å². The van der Waals surface area contributed by atoms with Crippen molar-refractivity contribution in [2.24, 2.45) is 0 Å². The Morgan fingerprint density at radius 3 is 2.70 bits per heavy atom. The predicted molar refractivity (Wildman–Crippen MR) is 86.7 cm³/mol. The van der Waals surface area contributed by atoms with Crippen LogP contribution in [0.1, 0.15) is 21.6 Å². The Morgan fingerprint density at radius 2 is 2.00 bits per heavy atom. The number of benzene rings is 1. The molecule has 0 unspecified atom stereocenters. The number of carbonyl (C=O) groups excluding carboxylic acids is 1. The summed E-state index contributed by atoms with van der Waals surface area (Å²) in [6.07, 6.45) is 1.59. The first-order chi connectivity index (χ1) is 11.1. The summed E-state index contributed by atoms with van der Waals surface area (Å²) in [4.78, 5) is 16.2. The Labute approximate surface area is 133 Å². The minimum Gasteiger partial charge on any atom is -0.496 e. The standard InChI is InChI=1S/C17H17N3O3/c1-9-5-6-14(22-3)10(2)15(9)11-7-12(17(21)23-4)19-13-8-18-20-16(11)13/h5-8H,1-4H3,(H,18,20). The molecule has 1 N–H and O–H groups in total. The van der Waals surface area contributed by atoms with E-state index in [2.05, 4.69) is 15.2 Å². The second-order valence-electron chi connectivity index (χ2n) is 5.26. The minimum atomic E-state index is -0.479. The third-order valence-electron chi connectivity index (χ3n) is 3.92. The van der Waals surface area contributed by atoms with Gasteiger partial charge in [0, 0.05) is 5.56 Å². The summed E-state index contributed by atoms with van der Waals surface area (Å²) in [6, 6.07) is 5.64. The maximum absolute atomic E-state index is 11.9. The molecule has 0 atom stereocenters. The molecule has 3 rings (SSSR count). The molecular formula is C17H17N3O3. The van der Waals surface area contributed by atoms with Crippen LogP contribution in [0.15, 0.2) is 24.4 Å². The van der Waals surface area contributed by atoms with Crippen molar-refractivity contribution in [1.29, 1.82) is 0 Å². The third-order valence-corrected chi connectivity index (χ3v) is 3.92. The van der Waals surface area contributed by atoms with Crippen LogP contribution in [0, 0.1) is 13.8 Å². The third kappa shape index (κ3) is 2.42. The van der Waals surface area contributed by atoms with Gasteiger partial charge in [-0.25, -0.2) is 9.78 Å². The van der Waals surface area contributed by atoms with Gasteiger partial charge >= 0.3 is 5.97 Å². The lowest BCUT2D eigenvalue weighted by Gasteiger charge is -2.15. The number of hydrogen-bond donors (Lipinski definition) is 1. The number of aromatic nitrogens is 3. The first-order valence-electron chi connectivity index (χ1n) is 7.13. The van der Waals surface area contributed by atoms with Crippen LogP contribution in [-0.2, 0) is 4.74 Å². The van der Waals surface area contributed by atoms with Crippen molar-refractivity contribution >= 4 is 17.0 Å². The summed E-state index contributed by atoms with van der Waals surface area (Å²) in [5, 5.41) is 7.00. The number of carbonyl (C=O) groups is 1. The number of nitrogens with zero attached hydrogens (tertiary/aromatic N) is 2. The van der Waals surface area contributed by atoms with E-state index in [0.29, 0.717) is 5.52 Å². The van der Waals surface area contributed by atoms with Crippen molar-refractivity contribution in [1.82, 2.24) is 15.2 Å². The highest BCUT2D eigenvalue weighted by Gasteiger charge is 2.18. The molecule has 2 heterocycles. The van der Waals surface area contributed by atoms with E-state index in [1.165, 1.54) is 7.11 Å². The van der Waals surface area contributed by atoms with Crippen molar-refractivity contribution in [2.75, 3.05) is 14.2 Å². The molecule has 0 aliphatic rings. The van der Waals surface area contributed by atoms with Gasteiger partial charge in [-0.2, -0.15) is 5.10 Å². The SMILES string of the molecule is COC(=O)c1cc(-c2c(C)ccc(OC)c2C)c2[nH]ncc2n1. The fourth-order valence-electron chi connectivity index (χ4n) is 2.80. The van der Waals surface area contributed by atoms with Crippen LogP contribution >= 0.6 is 0 Å². The van der Waals surface area contributed by atoms with Gasteiger partial charge in [-0.05, 0) is 42.7 Å². The quantitative estimate of drug-likeness (QED) is 0.752. The molecule has 3 aromatic rings. The molecule has 0 fully saturated rings. The summed E-state index contributed by atoms with van der Waals surface area (Å²) in [5.74, 6) is 0.308. The molecule has 0 aliphatic carbocycles. The number of methoxy groups -OCH3 is 2. The highest BCUT2D eigenvalue weighted by atomic mass is 16.5. The first-order valence-corrected chi connectivity index (χ1v) is 7.13. The Bertz CT molecular complexity index is 899. The summed E-state index contributed by atoms with van der Waals surface area (Å²) in [7, 11) is 2.98. The molecule has 23 heavy (non-hydrogen) atoms. The molecule has 0 amide bonds. The maximum atomic E-state index is 11.9. The van der Waals surface area contributed by atoms with Crippen LogP contribution in [0.4, 0.5) is 0 Å². The number of aromatic amines is 1. The van der Waals surface area contributed by atoms with E-state index < -0.39 is 5.97 Å². The van der Waals surface area contributed by atoms with Crippen molar-refractivity contribution in [3.63, 3.8) is 0 Å². The number of rotatable bonds is 3.